The minimum Gasteiger partial charge on any atom is -0.494 e. The second-order valence-electron chi connectivity index (χ2n) is 9.39. The van der Waals surface area contributed by atoms with E-state index in [1.54, 1.807) is 36.4 Å². The van der Waals surface area contributed by atoms with Crippen LogP contribution in [-0.4, -0.2) is 53.8 Å². The van der Waals surface area contributed by atoms with E-state index in [0.29, 0.717) is 28.1 Å². The molecule has 0 saturated carbocycles. The molecular formula is C27H27N4O6S-. The third-order valence-electron chi connectivity index (χ3n) is 6.75. The lowest BCUT2D eigenvalue weighted by Gasteiger charge is -2.24. The zero-order valence-corrected chi connectivity index (χ0v) is 22.0. The van der Waals surface area contributed by atoms with Crippen LogP contribution in [0.4, 0.5) is 0 Å². The summed E-state index contributed by atoms with van der Waals surface area (Å²) in [6.45, 7) is 4.03. The van der Waals surface area contributed by atoms with E-state index < -0.39 is 21.9 Å². The number of para-hydroxylation sites is 1. The molecule has 0 unspecified atom stereocenters. The number of aryl methyl sites for hydroxylation is 1. The van der Waals surface area contributed by atoms with Crippen molar-refractivity contribution in [3.63, 3.8) is 0 Å². The Morgan fingerprint density at radius 3 is 2.74 bits per heavy atom. The van der Waals surface area contributed by atoms with Crippen LogP contribution in [0.3, 0.4) is 0 Å². The summed E-state index contributed by atoms with van der Waals surface area (Å²) in [5.74, 6) is -0.719. The van der Waals surface area contributed by atoms with Crippen LogP contribution in [0.2, 0.25) is 0 Å². The number of sulfonamides is 1. The summed E-state index contributed by atoms with van der Waals surface area (Å²) in [4.78, 5) is 12.0. The highest BCUT2D eigenvalue weighted by atomic mass is 32.2. The molecule has 11 heteroatoms. The largest absolute Gasteiger partial charge is 0.494 e. The van der Waals surface area contributed by atoms with Gasteiger partial charge < -0.3 is 30.0 Å². The fourth-order valence-corrected chi connectivity index (χ4v) is 6.44. The Morgan fingerprint density at radius 2 is 1.97 bits per heavy atom. The van der Waals surface area contributed by atoms with Gasteiger partial charge in [-0.25, -0.2) is 8.42 Å². The molecule has 0 saturated heterocycles. The van der Waals surface area contributed by atoms with Gasteiger partial charge in [-0.2, -0.15) is 4.31 Å². The fourth-order valence-electron chi connectivity index (χ4n) is 4.82. The summed E-state index contributed by atoms with van der Waals surface area (Å²) >= 11 is 0. The normalized spacial score (nSPS) is 17.8. The van der Waals surface area contributed by atoms with E-state index in [-0.39, 0.29) is 30.5 Å². The highest BCUT2D eigenvalue weighted by Crippen LogP contribution is 2.36. The fraction of sp³-hybridized carbons (Fsp3) is 0.296. The quantitative estimate of drug-likeness (QED) is 0.377. The Balaban J connectivity index is 1.55. The molecule has 2 heterocycles. The smallest absolute Gasteiger partial charge is 0.304 e. The summed E-state index contributed by atoms with van der Waals surface area (Å²) in [6, 6.07) is 15.8. The Labute approximate surface area is 220 Å². The Bertz CT molecular complexity index is 1620. The van der Waals surface area contributed by atoms with Crippen molar-refractivity contribution in [1.29, 1.82) is 0 Å². The maximum Gasteiger partial charge on any atom is 0.304 e. The summed E-state index contributed by atoms with van der Waals surface area (Å²) in [7, 11) is -2.31. The minimum atomic E-state index is -3.82. The van der Waals surface area contributed by atoms with Crippen LogP contribution < -0.4 is 14.7 Å². The van der Waals surface area contributed by atoms with Gasteiger partial charge in [0.15, 0.2) is 0 Å². The topological polar surface area (TPSA) is 133 Å². The zero-order chi connectivity index (χ0) is 27.0. The third-order valence-corrected chi connectivity index (χ3v) is 8.60. The molecule has 2 atom stereocenters. The molecule has 0 aliphatic carbocycles. The van der Waals surface area contributed by atoms with Crippen molar-refractivity contribution in [2.75, 3.05) is 13.7 Å². The summed E-state index contributed by atoms with van der Waals surface area (Å²) < 4.78 is 39.9. The first-order chi connectivity index (χ1) is 18.2. The number of nitrogens with zero attached hydrogens (tertiary/aromatic N) is 4. The monoisotopic (exact) mass is 535 g/mol. The molecule has 1 aliphatic heterocycles. The van der Waals surface area contributed by atoms with Gasteiger partial charge in [-0.15, -0.1) is 0 Å². The van der Waals surface area contributed by atoms with Gasteiger partial charge in [0.1, 0.15) is 28.0 Å². The molecule has 1 aliphatic rings. The zero-order valence-electron chi connectivity index (χ0n) is 21.2. The summed E-state index contributed by atoms with van der Waals surface area (Å²) in [5, 5.41) is 21.5. The number of methoxy groups -OCH3 is 1. The standard InChI is InChI=1S/C27H28N4O6S/c1-16-8-9-18(21(13-26(32)33)19-11-22-27(29-30-28-22)24(12-19)36-3)10-20(16)15-31-14-17(2)37-23-6-4-5-7-25(23)38(31,34)35/h4-12,17,21H,13-15H2,1-3H3,(H2,28,29,30,32,33)/p-1/t17-,21+/m1/s1. The molecule has 3 aromatic carbocycles. The first kappa shape index (κ1) is 25.7. The average Bonchev–Trinajstić information content (AvgIpc) is 3.33. The van der Waals surface area contributed by atoms with Crippen LogP contribution in [0.5, 0.6) is 11.5 Å². The van der Waals surface area contributed by atoms with Gasteiger partial charge in [-0.1, -0.05) is 30.3 Å². The van der Waals surface area contributed by atoms with Crippen LogP contribution in [0.1, 0.15) is 41.5 Å². The van der Waals surface area contributed by atoms with Gasteiger partial charge >= 0.3 is 5.97 Å². The van der Waals surface area contributed by atoms with E-state index >= 15 is 0 Å². The number of carboxylic acid groups (broad SMARTS) is 1. The molecule has 0 bridgehead atoms. The lowest BCUT2D eigenvalue weighted by atomic mass is 9.86. The van der Waals surface area contributed by atoms with Crippen molar-refractivity contribution in [3.8, 4) is 11.5 Å². The average molecular weight is 536 g/mol. The number of aromatic nitrogens is 3. The third kappa shape index (κ3) is 4.82. The molecule has 198 valence electrons. The van der Waals surface area contributed by atoms with Crippen molar-refractivity contribution in [3.05, 3.63) is 76.9 Å². The maximum absolute atomic E-state index is 13.6. The van der Waals surface area contributed by atoms with Crippen LogP contribution >= 0.6 is 0 Å². The van der Waals surface area contributed by atoms with Crippen LogP contribution in [-0.2, 0) is 21.4 Å². The van der Waals surface area contributed by atoms with Crippen LogP contribution in [0.15, 0.2) is 59.5 Å². The summed E-state index contributed by atoms with van der Waals surface area (Å²) in [6.07, 6.45) is -0.533. The number of hydrogen-bond acceptors (Lipinski definition) is 7. The molecule has 0 fully saturated rings. The van der Waals surface area contributed by atoms with Gasteiger partial charge in [-0.05, 0) is 60.4 Å². The van der Waals surface area contributed by atoms with Crippen molar-refractivity contribution in [1.82, 2.24) is 19.7 Å². The molecule has 1 N–H and O–H groups in total. The second kappa shape index (κ2) is 10.1. The molecule has 0 spiro atoms. The van der Waals surface area contributed by atoms with Crippen LogP contribution in [0.25, 0.3) is 11.0 Å². The van der Waals surface area contributed by atoms with Gasteiger partial charge in [0.25, 0.3) is 0 Å². The number of benzene rings is 3. The Kier molecular flexibility index (Phi) is 6.80. The Morgan fingerprint density at radius 1 is 1.18 bits per heavy atom. The number of carboxylic acids is 1. The summed E-state index contributed by atoms with van der Waals surface area (Å²) in [5.41, 5.74) is 4.09. The lowest BCUT2D eigenvalue weighted by molar-refractivity contribution is -0.137. The van der Waals surface area contributed by atoms with E-state index in [4.69, 9.17) is 9.47 Å². The number of hydrogen-bond donors (Lipinski definition) is 1. The number of rotatable bonds is 7. The molecular weight excluding hydrogens is 508 g/mol. The van der Waals surface area contributed by atoms with Crippen molar-refractivity contribution in [2.24, 2.45) is 0 Å². The van der Waals surface area contributed by atoms with E-state index in [1.165, 1.54) is 11.4 Å². The van der Waals surface area contributed by atoms with Crippen LogP contribution in [0, 0.1) is 6.92 Å². The molecule has 0 amide bonds. The van der Waals surface area contributed by atoms with Crippen molar-refractivity contribution < 1.29 is 27.8 Å². The first-order valence-electron chi connectivity index (χ1n) is 12.1. The number of fused-ring (bicyclic) bond motifs is 2. The van der Waals surface area contributed by atoms with E-state index in [1.807, 2.05) is 32.0 Å². The molecule has 10 nitrogen and oxygen atoms in total. The van der Waals surface area contributed by atoms with Gasteiger partial charge in [0.2, 0.25) is 10.0 Å². The number of carbonyl (C=O) groups is 1. The molecule has 38 heavy (non-hydrogen) atoms. The SMILES string of the molecule is COc1cc([C@@H](CC(=O)O)c2ccc(C)c(CN3C[C@@H](C)Oc4ccccc4S3(=O)=O)c2)cc2n[n-]nc12. The number of aliphatic carboxylic acids is 1. The van der Waals surface area contributed by atoms with E-state index in [2.05, 4.69) is 15.4 Å². The predicted molar refractivity (Wildman–Crippen MR) is 139 cm³/mol. The molecule has 5 rings (SSSR count). The van der Waals surface area contributed by atoms with E-state index in [9.17, 15) is 18.3 Å². The van der Waals surface area contributed by atoms with Gasteiger partial charge in [0.05, 0.1) is 25.6 Å². The van der Waals surface area contributed by atoms with Gasteiger partial charge in [0, 0.05) is 12.5 Å². The molecule has 1 aromatic heterocycles. The predicted octanol–water partition coefficient (Wildman–Crippen LogP) is 3.48. The number of ether oxygens (including phenoxy) is 2. The van der Waals surface area contributed by atoms with Gasteiger partial charge in [-0.3, -0.25) is 4.79 Å². The molecule has 0 radical (unpaired) electrons. The van der Waals surface area contributed by atoms with Crippen molar-refractivity contribution >= 4 is 27.0 Å². The van der Waals surface area contributed by atoms with Crippen molar-refractivity contribution in [2.45, 2.75) is 43.7 Å². The first-order valence-corrected chi connectivity index (χ1v) is 13.5. The lowest BCUT2D eigenvalue weighted by Crippen LogP contribution is -2.35. The maximum atomic E-state index is 13.6. The Hall–Kier alpha value is -3.96. The second-order valence-corrected chi connectivity index (χ2v) is 11.3. The highest BCUT2D eigenvalue weighted by molar-refractivity contribution is 7.89. The molecule has 4 aromatic rings. The minimum absolute atomic E-state index is 0.116. The van der Waals surface area contributed by atoms with E-state index in [0.717, 1.165) is 16.7 Å². The highest BCUT2D eigenvalue weighted by Gasteiger charge is 2.33.